The maximum Gasteiger partial charge on any atom is 0.0226 e. The lowest BCUT2D eigenvalue weighted by Crippen LogP contribution is -2.38. The van der Waals surface area contributed by atoms with Crippen molar-refractivity contribution in [3.8, 4) is 0 Å². The average molecular weight is 232 g/mol. The van der Waals surface area contributed by atoms with Gasteiger partial charge in [-0.3, -0.25) is 0 Å². The Morgan fingerprint density at radius 2 is 2.27 bits per heavy atom. The van der Waals surface area contributed by atoms with Gasteiger partial charge in [-0.2, -0.15) is 0 Å². The Morgan fingerprint density at radius 1 is 1.47 bits per heavy atom. The van der Waals surface area contributed by atoms with Crippen molar-refractivity contribution in [2.75, 3.05) is 25.5 Å². The van der Waals surface area contributed by atoms with Gasteiger partial charge in [0.25, 0.3) is 0 Å². The number of rotatable bonds is 6. The summed E-state index contributed by atoms with van der Waals surface area (Å²) in [5, 5.41) is 0. The van der Waals surface area contributed by atoms with Crippen molar-refractivity contribution in [1.29, 1.82) is 0 Å². The Bertz CT molecular complexity index is 157. The fraction of sp³-hybridized carbons (Fsp3) is 1.00. The van der Waals surface area contributed by atoms with E-state index in [2.05, 4.69) is 18.7 Å². The summed E-state index contributed by atoms with van der Waals surface area (Å²) in [7, 11) is 0. The number of hydrogen-bond donors (Lipinski definition) is 0. The molecule has 1 rings (SSSR count). The molecule has 1 heterocycles. The first kappa shape index (κ1) is 13.3. The van der Waals surface area contributed by atoms with Crippen LogP contribution >= 0.6 is 11.6 Å². The molecule has 0 radical (unpaired) electrons. The lowest BCUT2D eigenvalue weighted by Gasteiger charge is -2.34. The molecule has 90 valence electrons. The summed E-state index contributed by atoms with van der Waals surface area (Å²) in [4.78, 5) is 2.65. The molecule has 0 spiro atoms. The van der Waals surface area contributed by atoms with E-state index in [4.69, 9.17) is 11.6 Å². The van der Waals surface area contributed by atoms with Crippen LogP contribution in [-0.2, 0) is 0 Å². The minimum Gasteiger partial charge on any atom is -0.303 e. The Labute approximate surface area is 100 Å². The highest BCUT2D eigenvalue weighted by Gasteiger charge is 2.20. The molecule has 2 atom stereocenters. The number of likely N-dealkylation sites (tertiary alicyclic amines) is 1. The first-order valence-corrected chi connectivity index (χ1v) is 7.08. The van der Waals surface area contributed by atoms with Crippen LogP contribution in [0.25, 0.3) is 0 Å². The number of hydrogen-bond acceptors (Lipinski definition) is 1. The summed E-state index contributed by atoms with van der Waals surface area (Å²) in [5.41, 5.74) is 0. The van der Waals surface area contributed by atoms with Gasteiger partial charge in [0.05, 0.1) is 0 Å². The van der Waals surface area contributed by atoms with E-state index in [1.807, 2.05) is 0 Å². The molecule has 2 heteroatoms. The quantitative estimate of drug-likeness (QED) is 0.630. The molecule has 15 heavy (non-hydrogen) atoms. The van der Waals surface area contributed by atoms with Crippen molar-refractivity contribution in [1.82, 2.24) is 4.90 Å². The zero-order valence-corrected chi connectivity index (χ0v) is 11.1. The molecule has 0 aromatic rings. The van der Waals surface area contributed by atoms with Crippen molar-refractivity contribution >= 4 is 11.6 Å². The van der Waals surface area contributed by atoms with Gasteiger partial charge in [0.1, 0.15) is 0 Å². The number of piperidine rings is 1. The minimum absolute atomic E-state index is 0.836. The van der Waals surface area contributed by atoms with Gasteiger partial charge in [0, 0.05) is 19.0 Å². The lowest BCUT2D eigenvalue weighted by atomic mass is 9.94. The highest BCUT2D eigenvalue weighted by molar-refractivity contribution is 6.17. The van der Waals surface area contributed by atoms with Gasteiger partial charge in [-0.15, -0.1) is 11.6 Å². The fourth-order valence-corrected chi connectivity index (χ4v) is 3.04. The third-order valence-corrected chi connectivity index (χ3v) is 3.69. The van der Waals surface area contributed by atoms with Crippen LogP contribution in [0.15, 0.2) is 0 Å². The van der Waals surface area contributed by atoms with Crippen molar-refractivity contribution in [3.63, 3.8) is 0 Å². The maximum atomic E-state index is 5.82. The van der Waals surface area contributed by atoms with Crippen molar-refractivity contribution in [2.24, 2.45) is 11.8 Å². The summed E-state index contributed by atoms with van der Waals surface area (Å²) >= 11 is 5.82. The highest BCUT2D eigenvalue weighted by Crippen LogP contribution is 2.21. The molecule has 1 aliphatic heterocycles. The van der Waals surface area contributed by atoms with Crippen molar-refractivity contribution in [3.05, 3.63) is 0 Å². The zero-order valence-electron chi connectivity index (χ0n) is 10.3. The molecular weight excluding hydrogens is 206 g/mol. The SMILES string of the molecule is CCCC(C)CN1CCCC(CCCl)C1. The van der Waals surface area contributed by atoms with Gasteiger partial charge < -0.3 is 4.90 Å². The topological polar surface area (TPSA) is 3.24 Å². The molecular formula is C13H26ClN. The van der Waals surface area contributed by atoms with Crippen LogP contribution in [0.4, 0.5) is 0 Å². The lowest BCUT2D eigenvalue weighted by molar-refractivity contribution is 0.150. The van der Waals surface area contributed by atoms with Gasteiger partial charge >= 0.3 is 0 Å². The predicted octanol–water partition coefficient (Wildman–Crippen LogP) is 3.76. The van der Waals surface area contributed by atoms with Crippen LogP contribution in [0.5, 0.6) is 0 Å². The smallest absolute Gasteiger partial charge is 0.0226 e. The molecule has 1 aliphatic rings. The van der Waals surface area contributed by atoms with E-state index in [1.165, 1.54) is 51.7 Å². The van der Waals surface area contributed by atoms with E-state index in [0.717, 1.165) is 17.7 Å². The molecule has 1 saturated heterocycles. The third-order valence-electron chi connectivity index (χ3n) is 3.47. The van der Waals surface area contributed by atoms with Crippen LogP contribution in [0, 0.1) is 11.8 Å². The number of nitrogens with zero attached hydrogens (tertiary/aromatic N) is 1. The van der Waals surface area contributed by atoms with Crippen LogP contribution in [0.3, 0.4) is 0 Å². The second kappa shape index (κ2) is 7.51. The third kappa shape index (κ3) is 5.21. The number of halogens is 1. The predicted molar refractivity (Wildman–Crippen MR) is 68.6 cm³/mol. The number of alkyl halides is 1. The van der Waals surface area contributed by atoms with E-state index < -0.39 is 0 Å². The molecule has 0 amide bonds. The van der Waals surface area contributed by atoms with Crippen LogP contribution < -0.4 is 0 Å². The Kier molecular flexibility index (Phi) is 6.67. The van der Waals surface area contributed by atoms with Crippen LogP contribution in [0.1, 0.15) is 46.0 Å². The van der Waals surface area contributed by atoms with Crippen LogP contribution in [0.2, 0.25) is 0 Å². The van der Waals surface area contributed by atoms with Gasteiger partial charge in [-0.1, -0.05) is 20.3 Å². The molecule has 1 nitrogen and oxygen atoms in total. The van der Waals surface area contributed by atoms with Gasteiger partial charge in [0.15, 0.2) is 0 Å². The summed E-state index contributed by atoms with van der Waals surface area (Å²) in [6, 6.07) is 0. The van der Waals surface area contributed by atoms with Crippen LogP contribution in [-0.4, -0.2) is 30.4 Å². The van der Waals surface area contributed by atoms with Gasteiger partial charge in [-0.25, -0.2) is 0 Å². The fourth-order valence-electron chi connectivity index (χ4n) is 2.73. The molecule has 0 aliphatic carbocycles. The second-order valence-electron chi connectivity index (χ2n) is 5.14. The summed E-state index contributed by atoms with van der Waals surface area (Å²) < 4.78 is 0. The first-order valence-electron chi connectivity index (χ1n) is 6.54. The van der Waals surface area contributed by atoms with Crippen molar-refractivity contribution < 1.29 is 0 Å². The van der Waals surface area contributed by atoms with E-state index >= 15 is 0 Å². The molecule has 0 saturated carbocycles. The largest absolute Gasteiger partial charge is 0.303 e. The monoisotopic (exact) mass is 231 g/mol. The zero-order chi connectivity index (χ0) is 11.1. The van der Waals surface area contributed by atoms with Crippen molar-refractivity contribution in [2.45, 2.75) is 46.0 Å². The molecule has 0 aromatic carbocycles. The van der Waals surface area contributed by atoms with E-state index in [-0.39, 0.29) is 0 Å². The van der Waals surface area contributed by atoms with E-state index in [1.54, 1.807) is 0 Å². The average Bonchev–Trinajstić information content (AvgIpc) is 2.19. The summed E-state index contributed by atoms with van der Waals surface area (Å²) in [6.45, 7) is 8.57. The summed E-state index contributed by atoms with van der Waals surface area (Å²) in [6.07, 6.45) is 6.67. The van der Waals surface area contributed by atoms with E-state index in [0.29, 0.717) is 0 Å². The molecule has 2 unspecified atom stereocenters. The maximum absolute atomic E-state index is 5.82. The molecule has 1 fully saturated rings. The minimum atomic E-state index is 0.836. The Hall–Kier alpha value is 0.250. The van der Waals surface area contributed by atoms with Gasteiger partial charge in [-0.05, 0) is 44.1 Å². The molecule has 0 aromatic heterocycles. The van der Waals surface area contributed by atoms with E-state index in [9.17, 15) is 0 Å². The molecule has 0 bridgehead atoms. The second-order valence-corrected chi connectivity index (χ2v) is 5.52. The summed E-state index contributed by atoms with van der Waals surface area (Å²) in [5.74, 6) is 2.57. The first-order chi connectivity index (χ1) is 7.26. The Morgan fingerprint density at radius 3 is 2.93 bits per heavy atom. The highest BCUT2D eigenvalue weighted by atomic mass is 35.5. The standard InChI is InChI=1S/C13H26ClN/c1-3-5-12(2)10-15-9-4-6-13(11-15)7-8-14/h12-13H,3-11H2,1-2H3. The van der Waals surface area contributed by atoms with Gasteiger partial charge in [0.2, 0.25) is 0 Å². The Balaban J connectivity index is 2.23. The normalized spacial score (nSPS) is 25.4. The molecule has 0 N–H and O–H groups in total.